The van der Waals surface area contributed by atoms with Crippen LogP contribution in [0.15, 0.2) is 73.1 Å². The maximum atomic E-state index is 12.9. The van der Waals surface area contributed by atoms with Crippen LogP contribution in [0, 0.1) is 0 Å². The molecule has 0 fully saturated rings. The highest BCUT2D eigenvalue weighted by atomic mass is 35.5. The van der Waals surface area contributed by atoms with Crippen molar-refractivity contribution in [3.8, 4) is 0 Å². The van der Waals surface area contributed by atoms with Crippen molar-refractivity contribution in [2.24, 2.45) is 0 Å². The first-order valence-electron chi connectivity index (χ1n) is 8.10. The fourth-order valence-corrected chi connectivity index (χ4v) is 2.79. The van der Waals surface area contributed by atoms with E-state index in [0.29, 0.717) is 28.3 Å². The molecule has 0 spiro atoms. The molecule has 130 valence electrons. The largest absolute Gasteiger partial charge is 0.337 e. The van der Waals surface area contributed by atoms with E-state index in [1.165, 1.54) is 0 Å². The van der Waals surface area contributed by atoms with Gasteiger partial charge in [0.2, 0.25) is 0 Å². The summed E-state index contributed by atoms with van der Waals surface area (Å²) in [6, 6.07) is 17.2. The predicted octanol–water partition coefficient (Wildman–Crippen LogP) is 4.24. The molecule has 2 aromatic carbocycles. The summed E-state index contributed by atoms with van der Waals surface area (Å²) in [4.78, 5) is 31.3. The van der Waals surface area contributed by atoms with Gasteiger partial charge in [0.05, 0.1) is 5.56 Å². The van der Waals surface area contributed by atoms with Crippen molar-refractivity contribution >= 4 is 23.3 Å². The number of halogens is 1. The average molecular weight is 365 g/mol. The molecule has 0 saturated heterocycles. The van der Waals surface area contributed by atoms with Crippen molar-refractivity contribution in [1.29, 1.82) is 0 Å². The van der Waals surface area contributed by atoms with Crippen LogP contribution < -0.4 is 0 Å². The third-order valence-electron chi connectivity index (χ3n) is 4.02. The van der Waals surface area contributed by atoms with E-state index in [0.717, 1.165) is 5.56 Å². The summed E-state index contributed by atoms with van der Waals surface area (Å²) in [5, 5.41) is 0.558. The molecular weight excluding hydrogens is 348 g/mol. The molecule has 4 nitrogen and oxygen atoms in total. The standard InChI is InChI=1S/C21H17ClN2O2/c1-24(14-15-10-12-23-13-11-15)21(26)19-5-3-2-4-18(19)20(25)16-6-8-17(22)9-7-16/h2-13H,14H2,1H3. The van der Waals surface area contributed by atoms with Crippen LogP contribution in [-0.4, -0.2) is 28.6 Å². The fourth-order valence-electron chi connectivity index (χ4n) is 2.66. The van der Waals surface area contributed by atoms with Gasteiger partial charge in [-0.3, -0.25) is 14.6 Å². The molecule has 1 amide bonds. The molecule has 0 unspecified atom stereocenters. The Bertz CT molecular complexity index is 924. The third kappa shape index (κ3) is 3.98. The Morgan fingerprint density at radius 3 is 2.19 bits per heavy atom. The second-order valence-corrected chi connectivity index (χ2v) is 6.33. The zero-order chi connectivity index (χ0) is 18.5. The zero-order valence-corrected chi connectivity index (χ0v) is 15.0. The van der Waals surface area contributed by atoms with Crippen LogP contribution in [0.1, 0.15) is 31.8 Å². The second kappa shape index (κ2) is 7.93. The topological polar surface area (TPSA) is 50.3 Å². The Hall–Kier alpha value is -2.98. The van der Waals surface area contributed by atoms with Gasteiger partial charge in [-0.2, -0.15) is 0 Å². The Kier molecular flexibility index (Phi) is 5.44. The maximum Gasteiger partial charge on any atom is 0.254 e. The van der Waals surface area contributed by atoms with Gasteiger partial charge in [0.25, 0.3) is 5.91 Å². The molecule has 0 bridgehead atoms. The van der Waals surface area contributed by atoms with E-state index >= 15 is 0 Å². The quantitative estimate of drug-likeness (QED) is 0.636. The Balaban J connectivity index is 1.87. The molecule has 0 atom stereocenters. The van der Waals surface area contributed by atoms with Crippen LogP contribution in [0.25, 0.3) is 0 Å². The lowest BCUT2D eigenvalue weighted by atomic mass is 9.97. The Labute approximate surface area is 157 Å². The summed E-state index contributed by atoms with van der Waals surface area (Å²) < 4.78 is 0. The lowest BCUT2D eigenvalue weighted by Gasteiger charge is -2.19. The number of rotatable bonds is 5. The number of ketones is 1. The number of hydrogen-bond donors (Lipinski definition) is 0. The Morgan fingerprint density at radius 2 is 1.54 bits per heavy atom. The van der Waals surface area contributed by atoms with Gasteiger partial charge in [-0.15, -0.1) is 0 Å². The molecule has 1 aromatic heterocycles. The molecule has 3 rings (SSSR count). The van der Waals surface area contributed by atoms with Crippen molar-refractivity contribution in [1.82, 2.24) is 9.88 Å². The van der Waals surface area contributed by atoms with E-state index in [9.17, 15) is 9.59 Å². The second-order valence-electron chi connectivity index (χ2n) is 5.90. The molecular formula is C21H17ClN2O2. The normalized spacial score (nSPS) is 10.4. The van der Waals surface area contributed by atoms with Crippen molar-refractivity contribution < 1.29 is 9.59 Å². The van der Waals surface area contributed by atoms with Crippen molar-refractivity contribution in [3.05, 3.63) is 100 Å². The average Bonchev–Trinajstić information content (AvgIpc) is 2.68. The molecule has 26 heavy (non-hydrogen) atoms. The van der Waals surface area contributed by atoms with Crippen LogP contribution >= 0.6 is 11.6 Å². The number of nitrogens with zero attached hydrogens (tertiary/aromatic N) is 2. The fraction of sp³-hybridized carbons (Fsp3) is 0.0952. The summed E-state index contributed by atoms with van der Waals surface area (Å²) in [5.41, 5.74) is 2.22. The van der Waals surface area contributed by atoms with Crippen LogP contribution in [0.3, 0.4) is 0 Å². The van der Waals surface area contributed by atoms with E-state index in [1.54, 1.807) is 72.9 Å². The minimum atomic E-state index is -0.209. The summed E-state index contributed by atoms with van der Waals surface area (Å²) in [6.45, 7) is 0.435. The van der Waals surface area contributed by atoms with Crippen LogP contribution in [-0.2, 0) is 6.54 Å². The number of carbonyl (C=O) groups is 2. The summed E-state index contributed by atoms with van der Waals surface area (Å²) in [7, 11) is 1.71. The van der Waals surface area contributed by atoms with E-state index in [1.807, 2.05) is 12.1 Å². The van der Waals surface area contributed by atoms with Gasteiger partial charge in [-0.1, -0.05) is 29.8 Å². The smallest absolute Gasteiger partial charge is 0.254 e. The number of amides is 1. The minimum Gasteiger partial charge on any atom is -0.337 e. The van der Waals surface area contributed by atoms with Gasteiger partial charge in [0.1, 0.15) is 0 Å². The van der Waals surface area contributed by atoms with Gasteiger partial charge < -0.3 is 4.90 Å². The summed E-state index contributed by atoms with van der Waals surface area (Å²) in [6.07, 6.45) is 3.37. The molecule has 0 aliphatic carbocycles. The van der Waals surface area contributed by atoms with E-state index in [-0.39, 0.29) is 11.7 Å². The van der Waals surface area contributed by atoms with Crippen LogP contribution in [0.4, 0.5) is 0 Å². The molecule has 0 radical (unpaired) electrons. The van der Waals surface area contributed by atoms with Gasteiger partial charge in [0, 0.05) is 42.1 Å². The first-order chi connectivity index (χ1) is 12.6. The van der Waals surface area contributed by atoms with E-state index < -0.39 is 0 Å². The van der Waals surface area contributed by atoms with Gasteiger partial charge >= 0.3 is 0 Å². The predicted molar refractivity (Wildman–Crippen MR) is 101 cm³/mol. The first-order valence-corrected chi connectivity index (χ1v) is 8.47. The molecule has 5 heteroatoms. The van der Waals surface area contributed by atoms with E-state index in [4.69, 9.17) is 11.6 Å². The van der Waals surface area contributed by atoms with Crippen molar-refractivity contribution in [3.63, 3.8) is 0 Å². The SMILES string of the molecule is CN(Cc1ccncc1)C(=O)c1ccccc1C(=O)c1ccc(Cl)cc1. The number of pyridine rings is 1. The van der Waals surface area contributed by atoms with Crippen LogP contribution in [0.5, 0.6) is 0 Å². The number of hydrogen-bond acceptors (Lipinski definition) is 3. The van der Waals surface area contributed by atoms with Crippen molar-refractivity contribution in [2.45, 2.75) is 6.54 Å². The first kappa shape index (κ1) is 17.8. The lowest BCUT2D eigenvalue weighted by molar-refractivity contribution is 0.0780. The third-order valence-corrected chi connectivity index (χ3v) is 4.28. The number of benzene rings is 2. The summed E-state index contributed by atoms with van der Waals surface area (Å²) in [5.74, 6) is -0.414. The monoisotopic (exact) mass is 364 g/mol. The highest BCUT2D eigenvalue weighted by molar-refractivity contribution is 6.30. The van der Waals surface area contributed by atoms with Crippen LogP contribution in [0.2, 0.25) is 5.02 Å². The number of carbonyl (C=O) groups excluding carboxylic acids is 2. The highest BCUT2D eigenvalue weighted by Gasteiger charge is 2.20. The molecule has 3 aromatic rings. The molecule has 0 aliphatic rings. The van der Waals surface area contributed by atoms with E-state index in [2.05, 4.69) is 4.98 Å². The Morgan fingerprint density at radius 1 is 0.923 bits per heavy atom. The molecule has 0 aliphatic heterocycles. The summed E-state index contributed by atoms with van der Waals surface area (Å²) >= 11 is 5.89. The molecule has 0 N–H and O–H groups in total. The van der Waals surface area contributed by atoms with Gasteiger partial charge in [-0.25, -0.2) is 0 Å². The zero-order valence-electron chi connectivity index (χ0n) is 14.2. The van der Waals surface area contributed by atoms with Crippen molar-refractivity contribution in [2.75, 3.05) is 7.05 Å². The molecule has 1 heterocycles. The minimum absolute atomic E-state index is 0.206. The lowest BCUT2D eigenvalue weighted by Crippen LogP contribution is -2.28. The highest BCUT2D eigenvalue weighted by Crippen LogP contribution is 2.19. The maximum absolute atomic E-state index is 12.9. The van der Waals surface area contributed by atoms with Gasteiger partial charge in [0.15, 0.2) is 5.78 Å². The molecule has 0 saturated carbocycles. The van der Waals surface area contributed by atoms with Gasteiger partial charge in [-0.05, 0) is 48.0 Å². The number of aromatic nitrogens is 1.